The van der Waals surface area contributed by atoms with Crippen LogP contribution in [0, 0.1) is 11.8 Å². The van der Waals surface area contributed by atoms with E-state index in [1.165, 1.54) is 25.7 Å². The first-order valence-electron chi connectivity index (χ1n) is 7.18. The fourth-order valence-electron chi connectivity index (χ4n) is 3.79. The summed E-state index contributed by atoms with van der Waals surface area (Å²) in [6.07, 6.45) is 5.71. The first kappa shape index (κ1) is 11.3. The largest absolute Gasteiger partial charge is 0.314 e. The van der Waals surface area contributed by atoms with Crippen LogP contribution in [0.1, 0.15) is 44.1 Å². The number of rotatable bonds is 4. The van der Waals surface area contributed by atoms with Gasteiger partial charge in [0.25, 0.3) is 0 Å². The number of nitrogens with one attached hydrogen (secondary N) is 1. The Kier molecular flexibility index (Phi) is 3.19. The molecule has 0 bridgehead atoms. The average molecular weight is 229 g/mol. The second-order valence-electron chi connectivity index (χ2n) is 5.68. The van der Waals surface area contributed by atoms with E-state index in [0.29, 0.717) is 0 Å². The molecule has 2 aliphatic carbocycles. The minimum atomic E-state index is 0.804. The van der Waals surface area contributed by atoms with E-state index in [2.05, 4.69) is 42.6 Å². The van der Waals surface area contributed by atoms with E-state index in [4.69, 9.17) is 0 Å². The topological polar surface area (TPSA) is 12.0 Å². The summed E-state index contributed by atoms with van der Waals surface area (Å²) in [5, 5.41) is 3.69. The highest BCUT2D eigenvalue weighted by Gasteiger charge is 2.47. The van der Waals surface area contributed by atoms with E-state index in [1.807, 2.05) is 0 Å². The van der Waals surface area contributed by atoms with E-state index < -0.39 is 0 Å². The minimum Gasteiger partial charge on any atom is -0.314 e. The molecule has 4 unspecified atom stereocenters. The second kappa shape index (κ2) is 4.81. The Bertz CT molecular complexity index is 359. The van der Waals surface area contributed by atoms with Gasteiger partial charge in [0.15, 0.2) is 0 Å². The zero-order valence-electron chi connectivity index (χ0n) is 10.7. The highest BCUT2D eigenvalue weighted by atomic mass is 14.9. The van der Waals surface area contributed by atoms with Crippen LogP contribution in [0.15, 0.2) is 30.3 Å². The van der Waals surface area contributed by atoms with Gasteiger partial charge in [-0.1, -0.05) is 43.7 Å². The molecule has 0 heterocycles. The van der Waals surface area contributed by atoms with Gasteiger partial charge >= 0.3 is 0 Å². The molecule has 0 aliphatic heterocycles. The summed E-state index contributed by atoms with van der Waals surface area (Å²) in [6.45, 7) is 3.36. The van der Waals surface area contributed by atoms with Gasteiger partial charge in [-0.2, -0.15) is 0 Å². The third-order valence-electron chi connectivity index (χ3n) is 4.65. The molecule has 17 heavy (non-hydrogen) atoms. The van der Waals surface area contributed by atoms with E-state index in [1.54, 1.807) is 5.56 Å². The van der Waals surface area contributed by atoms with Gasteiger partial charge in [-0.15, -0.1) is 0 Å². The first-order chi connectivity index (χ1) is 8.40. The molecule has 2 aliphatic rings. The van der Waals surface area contributed by atoms with Crippen molar-refractivity contribution in [1.29, 1.82) is 0 Å². The molecular weight excluding hydrogens is 206 g/mol. The van der Waals surface area contributed by atoms with Crippen LogP contribution in [0.3, 0.4) is 0 Å². The number of hydrogen-bond acceptors (Lipinski definition) is 1. The van der Waals surface area contributed by atoms with Crippen LogP contribution in [-0.2, 0) is 0 Å². The van der Waals surface area contributed by atoms with Crippen molar-refractivity contribution in [2.24, 2.45) is 11.8 Å². The molecule has 2 saturated carbocycles. The average Bonchev–Trinajstić information content (AvgIpc) is 3.04. The van der Waals surface area contributed by atoms with Crippen LogP contribution in [0.2, 0.25) is 0 Å². The monoisotopic (exact) mass is 229 g/mol. The molecule has 0 saturated heterocycles. The number of hydrogen-bond donors (Lipinski definition) is 1. The zero-order chi connectivity index (χ0) is 11.7. The summed E-state index contributed by atoms with van der Waals surface area (Å²) in [5.41, 5.74) is 1.57. The van der Waals surface area contributed by atoms with E-state index in [-0.39, 0.29) is 0 Å². The summed E-state index contributed by atoms with van der Waals surface area (Å²) < 4.78 is 0. The molecular formula is C16H23N. The zero-order valence-corrected chi connectivity index (χ0v) is 10.7. The standard InChI is InChI=1S/C16H23N/c1-2-17-16-10-6-9-13(16)15-11-14(15)12-7-4-3-5-8-12/h3-5,7-8,13-17H,2,6,9-11H2,1H3. The van der Waals surface area contributed by atoms with Gasteiger partial charge in [-0.05, 0) is 49.1 Å². The van der Waals surface area contributed by atoms with Crippen molar-refractivity contribution in [3.8, 4) is 0 Å². The molecule has 0 spiro atoms. The molecule has 4 atom stereocenters. The lowest BCUT2D eigenvalue weighted by Gasteiger charge is -2.20. The maximum absolute atomic E-state index is 3.69. The lowest BCUT2D eigenvalue weighted by molar-refractivity contribution is 0.363. The Labute approximate surface area is 105 Å². The quantitative estimate of drug-likeness (QED) is 0.832. The highest BCUT2D eigenvalue weighted by Crippen LogP contribution is 2.55. The Morgan fingerprint density at radius 2 is 1.94 bits per heavy atom. The molecule has 1 aromatic carbocycles. The predicted octanol–water partition coefficient (Wildman–Crippen LogP) is 3.57. The Hall–Kier alpha value is -0.820. The molecule has 0 radical (unpaired) electrons. The smallest absolute Gasteiger partial charge is 0.00980 e. The van der Waals surface area contributed by atoms with E-state index >= 15 is 0 Å². The molecule has 1 nitrogen and oxygen atoms in total. The summed E-state index contributed by atoms with van der Waals surface area (Å²) in [4.78, 5) is 0. The van der Waals surface area contributed by atoms with Crippen LogP contribution in [0.5, 0.6) is 0 Å². The SMILES string of the molecule is CCNC1CCCC1C1CC1c1ccccc1. The molecule has 1 N–H and O–H groups in total. The molecule has 1 aromatic rings. The fraction of sp³-hybridized carbons (Fsp3) is 0.625. The lowest BCUT2D eigenvalue weighted by atomic mass is 9.94. The molecule has 92 valence electrons. The maximum Gasteiger partial charge on any atom is 0.00980 e. The third kappa shape index (κ3) is 2.26. The predicted molar refractivity (Wildman–Crippen MR) is 72.1 cm³/mol. The van der Waals surface area contributed by atoms with Crippen molar-refractivity contribution < 1.29 is 0 Å². The van der Waals surface area contributed by atoms with Crippen molar-refractivity contribution >= 4 is 0 Å². The van der Waals surface area contributed by atoms with Gasteiger partial charge in [0, 0.05) is 6.04 Å². The molecule has 0 aromatic heterocycles. The molecule has 3 rings (SSSR count). The Morgan fingerprint density at radius 1 is 1.12 bits per heavy atom. The summed E-state index contributed by atoms with van der Waals surface area (Å²) in [7, 11) is 0. The van der Waals surface area contributed by atoms with Crippen LogP contribution in [-0.4, -0.2) is 12.6 Å². The fourth-order valence-corrected chi connectivity index (χ4v) is 3.79. The van der Waals surface area contributed by atoms with Crippen molar-refractivity contribution in [1.82, 2.24) is 5.32 Å². The van der Waals surface area contributed by atoms with Gasteiger partial charge in [-0.3, -0.25) is 0 Å². The first-order valence-corrected chi connectivity index (χ1v) is 7.18. The highest BCUT2D eigenvalue weighted by molar-refractivity contribution is 5.26. The number of benzene rings is 1. The van der Waals surface area contributed by atoms with Gasteiger partial charge in [0.1, 0.15) is 0 Å². The molecule has 2 fully saturated rings. The summed E-state index contributed by atoms with van der Waals surface area (Å²) >= 11 is 0. The van der Waals surface area contributed by atoms with E-state index in [0.717, 1.165) is 30.3 Å². The van der Waals surface area contributed by atoms with Crippen molar-refractivity contribution in [2.75, 3.05) is 6.54 Å². The summed E-state index contributed by atoms with van der Waals surface area (Å²) in [5.74, 6) is 2.77. The van der Waals surface area contributed by atoms with Gasteiger partial charge in [0.05, 0.1) is 0 Å². The van der Waals surface area contributed by atoms with E-state index in [9.17, 15) is 0 Å². The molecule has 0 amide bonds. The van der Waals surface area contributed by atoms with Gasteiger partial charge < -0.3 is 5.32 Å². The van der Waals surface area contributed by atoms with Crippen molar-refractivity contribution in [2.45, 2.75) is 44.6 Å². The lowest BCUT2D eigenvalue weighted by Crippen LogP contribution is -2.33. The maximum atomic E-state index is 3.69. The third-order valence-corrected chi connectivity index (χ3v) is 4.65. The van der Waals surface area contributed by atoms with Crippen molar-refractivity contribution in [3.63, 3.8) is 0 Å². The Balaban J connectivity index is 1.64. The summed E-state index contributed by atoms with van der Waals surface area (Å²) in [6, 6.07) is 11.9. The Morgan fingerprint density at radius 3 is 2.71 bits per heavy atom. The molecule has 1 heteroatoms. The second-order valence-corrected chi connectivity index (χ2v) is 5.68. The van der Waals surface area contributed by atoms with Crippen LogP contribution < -0.4 is 5.32 Å². The van der Waals surface area contributed by atoms with Gasteiger partial charge in [0.2, 0.25) is 0 Å². The normalized spacial score (nSPS) is 36.1. The van der Waals surface area contributed by atoms with Gasteiger partial charge in [-0.25, -0.2) is 0 Å². The van der Waals surface area contributed by atoms with Crippen molar-refractivity contribution in [3.05, 3.63) is 35.9 Å². The minimum absolute atomic E-state index is 0.804. The van der Waals surface area contributed by atoms with Crippen LogP contribution in [0.4, 0.5) is 0 Å². The van der Waals surface area contributed by atoms with Crippen LogP contribution in [0.25, 0.3) is 0 Å². The van der Waals surface area contributed by atoms with Crippen LogP contribution >= 0.6 is 0 Å².